The first kappa shape index (κ1) is 11.0. The lowest BCUT2D eigenvalue weighted by Gasteiger charge is -1.98. The summed E-state index contributed by atoms with van der Waals surface area (Å²) in [5.74, 6) is 0. The quantitative estimate of drug-likeness (QED) is 0.756. The van der Waals surface area contributed by atoms with E-state index in [9.17, 15) is 0 Å². The van der Waals surface area contributed by atoms with Gasteiger partial charge in [0.1, 0.15) is 0 Å². The highest BCUT2D eigenvalue weighted by Gasteiger charge is 1.91. The van der Waals surface area contributed by atoms with Crippen molar-refractivity contribution in [1.82, 2.24) is 5.32 Å². The molecule has 0 saturated heterocycles. The van der Waals surface area contributed by atoms with E-state index in [2.05, 4.69) is 11.4 Å². The van der Waals surface area contributed by atoms with Crippen LogP contribution in [0.25, 0.3) is 0 Å². The van der Waals surface area contributed by atoms with Crippen LogP contribution < -0.4 is 5.32 Å². The van der Waals surface area contributed by atoms with Crippen molar-refractivity contribution >= 4 is 12.4 Å². The van der Waals surface area contributed by atoms with Crippen LogP contribution in [0.1, 0.15) is 11.1 Å². The van der Waals surface area contributed by atoms with E-state index in [1.54, 1.807) is 6.07 Å². The highest BCUT2D eigenvalue weighted by Crippen LogP contribution is 2.02. The molecule has 0 amide bonds. The highest BCUT2D eigenvalue weighted by atomic mass is 35.5. The van der Waals surface area contributed by atoms with Gasteiger partial charge in [0, 0.05) is 6.54 Å². The van der Waals surface area contributed by atoms with Gasteiger partial charge in [0.05, 0.1) is 11.6 Å². The smallest absolute Gasteiger partial charge is 0.0991 e. The molecule has 0 aliphatic carbocycles. The molecule has 0 radical (unpaired) electrons. The van der Waals surface area contributed by atoms with Gasteiger partial charge in [-0.2, -0.15) is 5.26 Å². The van der Waals surface area contributed by atoms with Crippen LogP contribution in [0.5, 0.6) is 0 Å². The topological polar surface area (TPSA) is 35.8 Å². The molecular formula is C9H11ClN2. The van der Waals surface area contributed by atoms with Gasteiger partial charge >= 0.3 is 0 Å². The maximum Gasteiger partial charge on any atom is 0.0991 e. The SMILES string of the molecule is CNCc1cccc(C#N)c1.Cl. The Kier molecular flexibility index (Phi) is 5.11. The molecule has 0 spiro atoms. The lowest BCUT2D eigenvalue weighted by atomic mass is 10.1. The van der Waals surface area contributed by atoms with Crippen LogP contribution in [0.2, 0.25) is 0 Å². The van der Waals surface area contributed by atoms with Crippen molar-refractivity contribution in [1.29, 1.82) is 5.26 Å². The van der Waals surface area contributed by atoms with Crippen LogP contribution in [0.3, 0.4) is 0 Å². The first-order chi connectivity index (χ1) is 5.36. The lowest BCUT2D eigenvalue weighted by molar-refractivity contribution is 0.817. The summed E-state index contributed by atoms with van der Waals surface area (Å²) in [6, 6.07) is 9.68. The van der Waals surface area contributed by atoms with E-state index in [0.29, 0.717) is 0 Å². The fraction of sp³-hybridized carbons (Fsp3) is 0.222. The van der Waals surface area contributed by atoms with E-state index in [4.69, 9.17) is 5.26 Å². The molecule has 3 heteroatoms. The predicted molar refractivity (Wildman–Crippen MR) is 51.2 cm³/mol. The summed E-state index contributed by atoms with van der Waals surface area (Å²) in [5, 5.41) is 11.6. The van der Waals surface area contributed by atoms with E-state index in [-0.39, 0.29) is 12.4 Å². The van der Waals surface area contributed by atoms with Crippen LogP contribution in [-0.2, 0) is 6.54 Å². The van der Waals surface area contributed by atoms with Gasteiger partial charge in [0.25, 0.3) is 0 Å². The van der Waals surface area contributed by atoms with Crippen LogP contribution in [-0.4, -0.2) is 7.05 Å². The summed E-state index contributed by atoms with van der Waals surface area (Å²) in [5.41, 5.74) is 1.87. The van der Waals surface area contributed by atoms with Crippen molar-refractivity contribution in [3.63, 3.8) is 0 Å². The number of nitriles is 1. The van der Waals surface area contributed by atoms with Gasteiger partial charge < -0.3 is 5.32 Å². The molecule has 0 aliphatic rings. The van der Waals surface area contributed by atoms with Crippen molar-refractivity contribution < 1.29 is 0 Å². The van der Waals surface area contributed by atoms with Gasteiger partial charge in [0.15, 0.2) is 0 Å². The molecule has 12 heavy (non-hydrogen) atoms. The molecular weight excluding hydrogens is 172 g/mol. The van der Waals surface area contributed by atoms with Crippen LogP contribution in [0, 0.1) is 11.3 Å². The number of hydrogen-bond donors (Lipinski definition) is 1. The third-order valence-electron chi connectivity index (χ3n) is 1.44. The predicted octanol–water partition coefficient (Wildman–Crippen LogP) is 1.70. The van der Waals surface area contributed by atoms with Gasteiger partial charge in [0.2, 0.25) is 0 Å². The fourth-order valence-electron chi connectivity index (χ4n) is 0.955. The largest absolute Gasteiger partial charge is 0.316 e. The average molecular weight is 183 g/mol. The minimum atomic E-state index is 0. The Morgan fingerprint density at radius 3 is 2.83 bits per heavy atom. The molecule has 0 aliphatic heterocycles. The molecule has 1 rings (SSSR count). The third kappa shape index (κ3) is 2.91. The van der Waals surface area contributed by atoms with Gasteiger partial charge in [-0.15, -0.1) is 12.4 Å². The van der Waals surface area contributed by atoms with Gasteiger partial charge in [-0.25, -0.2) is 0 Å². The second kappa shape index (κ2) is 5.59. The van der Waals surface area contributed by atoms with Crippen LogP contribution >= 0.6 is 12.4 Å². The molecule has 64 valence electrons. The molecule has 0 fully saturated rings. The van der Waals surface area contributed by atoms with Crippen LogP contribution in [0.15, 0.2) is 24.3 Å². The van der Waals surface area contributed by atoms with Gasteiger partial charge in [-0.1, -0.05) is 12.1 Å². The van der Waals surface area contributed by atoms with Crippen molar-refractivity contribution in [2.45, 2.75) is 6.54 Å². The summed E-state index contributed by atoms with van der Waals surface area (Å²) in [4.78, 5) is 0. The summed E-state index contributed by atoms with van der Waals surface area (Å²) in [7, 11) is 1.89. The zero-order valence-electron chi connectivity index (χ0n) is 6.87. The molecule has 0 bridgehead atoms. The number of rotatable bonds is 2. The number of halogens is 1. The summed E-state index contributed by atoms with van der Waals surface area (Å²) in [6.45, 7) is 0.815. The summed E-state index contributed by atoms with van der Waals surface area (Å²) >= 11 is 0. The van der Waals surface area contributed by atoms with Gasteiger partial charge in [-0.3, -0.25) is 0 Å². The molecule has 1 aromatic carbocycles. The molecule has 1 aromatic rings. The standard InChI is InChI=1S/C9H10N2.ClH/c1-11-7-9-4-2-3-8(5-9)6-10;/h2-5,11H,7H2,1H3;1H. The molecule has 0 aromatic heterocycles. The number of hydrogen-bond acceptors (Lipinski definition) is 2. The van der Waals surface area contributed by atoms with Crippen molar-refractivity contribution in [3.05, 3.63) is 35.4 Å². The average Bonchev–Trinajstić information content (AvgIpc) is 2.06. The summed E-state index contributed by atoms with van der Waals surface area (Å²) < 4.78 is 0. The van der Waals surface area contributed by atoms with Crippen molar-refractivity contribution in [3.8, 4) is 6.07 Å². The van der Waals surface area contributed by atoms with E-state index in [0.717, 1.165) is 17.7 Å². The highest BCUT2D eigenvalue weighted by molar-refractivity contribution is 5.85. The minimum absolute atomic E-state index is 0. The Bertz CT molecular complexity index is 278. The van der Waals surface area contributed by atoms with E-state index in [1.807, 2.05) is 25.2 Å². The second-order valence-electron chi connectivity index (χ2n) is 2.34. The molecule has 0 saturated carbocycles. The number of benzene rings is 1. The van der Waals surface area contributed by atoms with E-state index in [1.165, 1.54) is 0 Å². The Balaban J connectivity index is 0.00000121. The molecule has 2 nitrogen and oxygen atoms in total. The molecule has 0 unspecified atom stereocenters. The minimum Gasteiger partial charge on any atom is -0.316 e. The van der Waals surface area contributed by atoms with Crippen molar-refractivity contribution in [2.24, 2.45) is 0 Å². The first-order valence-corrected chi connectivity index (χ1v) is 3.50. The Morgan fingerprint density at radius 2 is 2.25 bits per heavy atom. The maximum absolute atomic E-state index is 8.56. The zero-order valence-corrected chi connectivity index (χ0v) is 7.69. The first-order valence-electron chi connectivity index (χ1n) is 3.50. The Morgan fingerprint density at radius 1 is 1.50 bits per heavy atom. The molecule has 1 N–H and O–H groups in total. The second-order valence-corrected chi connectivity index (χ2v) is 2.34. The molecule has 0 atom stereocenters. The van der Waals surface area contributed by atoms with E-state index >= 15 is 0 Å². The Labute approximate surface area is 78.6 Å². The fourth-order valence-corrected chi connectivity index (χ4v) is 0.955. The lowest BCUT2D eigenvalue weighted by Crippen LogP contribution is -2.04. The third-order valence-corrected chi connectivity index (χ3v) is 1.44. The summed E-state index contributed by atoms with van der Waals surface area (Å²) in [6.07, 6.45) is 0. The molecule has 0 heterocycles. The Hall–Kier alpha value is -1.04. The van der Waals surface area contributed by atoms with Crippen molar-refractivity contribution in [2.75, 3.05) is 7.05 Å². The van der Waals surface area contributed by atoms with Crippen LogP contribution in [0.4, 0.5) is 0 Å². The maximum atomic E-state index is 8.56. The normalized spacial score (nSPS) is 8.33. The number of nitrogens with one attached hydrogen (secondary N) is 1. The monoisotopic (exact) mass is 182 g/mol. The van der Waals surface area contributed by atoms with E-state index < -0.39 is 0 Å². The zero-order chi connectivity index (χ0) is 8.10. The van der Waals surface area contributed by atoms with Gasteiger partial charge in [-0.05, 0) is 24.7 Å². The number of nitrogens with zero attached hydrogens (tertiary/aromatic N) is 1.